The topological polar surface area (TPSA) is 63.4 Å². The molecule has 0 aliphatic carbocycles. The number of rotatable bonds is 0. The van der Waals surface area contributed by atoms with Gasteiger partial charge in [0.1, 0.15) is 0 Å². The van der Waals surface area contributed by atoms with Crippen molar-refractivity contribution in [2.75, 3.05) is 13.1 Å². The van der Waals surface area contributed by atoms with Gasteiger partial charge in [-0.3, -0.25) is 4.79 Å². The number of nitrogens with one attached hydrogen (secondary N) is 1. The third-order valence-electron chi connectivity index (χ3n) is 0.896. The molecule has 8 heavy (non-hydrogen) atoms. The number of hydrogen-bond donors (Lipinski definition) is 2. The molecule has 1 radical (unpaired) electrons. The van der Waals surface area contributed by atoms with Crippen LogP contribution in [0.5, 0.6) is 0 Å². The number of hydrogen-bond acceptors (Lipinski definition) is 3. The summed E-state index contributed by atoms with van der Waals surface area (Å²) >= 11 is 0. The van der Waals surface area contributed by atoms with E-state index in [0.29, 0.717) is 6.54 Å². The molecule has 1 heterocycles. The molecule has 45 valence electrons. The van der Waals surface area contributed by atoms with E-state index < -0.39 is 6.23 Å². The summed E-state index contributed by atoms with van der Waals surface area (Å²) in [6.45, 7) is 0.656. The second kappa shape index (κ2) is 2.11. The summed E-state index contributed by atoms with van der Waals surface area (Å²) in [6, 6.07) is 0. The second-order valence-electron chi connectivity index (χ2n) is 1.63. The van der Waals surface area contributed by atoms with E-state index in [1.54, 1.807) is 0 Å². The van der Waals surface area contributed by atoms with E-state index in [4.69, 9.17) is 5.11 Å². The van der Waals surface area contributed by atoms with Gasteiger partial charge in [-0.15, -0.1) is 0 Å². The van der Waals surface area contributed by atoms with Crippen molar-refractivity contribution >= 4 is 5.91 Å². The van der Waals surface area contributed by atoms with Crippen molar-refractivity contribution in [3.63, 3.8) is 0 Å². The predicted octanol–water partition coefficient (Wildman–Crippen LogP) is -1.96. The molecule has 1 rings (SSSR count). The molecule has 2 N–H and O–H groups in total. The van der Waals surface area contributed by atoms with Crippen LogP contribution in [0.4, 0.5) is 0 Å². The number of carbonyl (C=O) groups excluding carboxylic acids is 1. The third-order valence-corrected chi connectivity index (χ3v) is 0.896. The van der Waals surface area contributed by atoms with Crippen LogP contribution >= 0.6 is 0 Å². The van der Waals surface area contributed by atoms with Crippen molar-refractivity contribution in [2.24, 2.45) is 0 Å². The Bertz CT molecular complexity index is 104. The molecule has 0 saturated carbocycles. The summed E-state index contributed by atoms with van der Waals surface area (Å²) in [6.07, 6.45) is -0.823. The fraction of sp³-hybridized carbons (Fsp3) is 0.750. The Kier molecular flexibility index (Phi) is 1.45. The van der Waals surface area contributed by atoms with Crippen molar-refractivity contribution in [1.29, 1.82) is 0 Å². The Morgan fingerprint density at radius 1 is 1.88 bits per heavy atom. The van der Waals surface area contributed by atoms with Crippen LogP contribution < -0.4 is 10.6 Å². The highest BCUT2D eigenvalue weighted by molar-refractivity contribution is 5.78. The molecule has 0 spiro atoms. The molecule has 1 unspecified atom stereocenters. The number of amides is 1. The van der Waals surface area contributed by atoms with E-state index in [9.17, 15) is 4.79 Å². The monoisotopic (exact) mass is 115 g/mol. The molecule has 0 aromatic rings. The Morgan fingerprint density at radius 2 is 2.62 bits per heavy atom. The zero-order chi connectivity index (χ0) is 5.98. The van der Waals surface area contributed by atoms with E-state index in [2.05, 4.69) is 10.6 Å². The highest BCUT2D eigenvalue weighted by Gasteiger charge is 2.15. The van der Waals surface area contributed by atoms with Crippen LogP contribution in [-0.4, -0.2) is 30.3 Å². The van der Waals surface area contributed by atoms with E-state index >= 15 is 0 Å². The van der Waals surface area contributed by atoms with Crippen molar-refractivity contribution in [1.82, 2.24) is 10.6 Å². The largest absolute Gasteiger partial charge is 0.370 e. The Hall–Kier alpha value is -0.610. The minimum Gasteiger partial charge on any atom is -0.370 e. The average molecular weight is 115 g/mol. The predicted molar refractivity (Wildman–Crippen MR) is 26.0 cm³/mol. The molecule has 1 fully saturated rings. The molecule has 0 aromatic carbocycles. The lowest BCUT2D eigenvalue weighted by Crippen LogP contribution is -2.47. The molecule has 1 aliphatic rings. The Morgan fingerprint density at radius 3 is 3.00 bits per heavy atom. The summed E-state index contributed by atoms with van der Waals surface area (Å²) in [5.41, 5.74) is 0. The smallest absolute Gasteiger partial charge is 0.257 e. The van der Waals surface area contributed by atoms with Gasteiger partial charge >= 0.3 is 0 Å². The second-order valence-corrected chi connectivity index (χ2v) is 1.63. The zero-order valence-corrected chi connectivity index (χ0v) is 4.29. The van der Waals surface area contributed by atoms with Gasteiger partial charge in [-0.1, -0.05) is 0 Å². The summed E-state index contributed by atoms with van der Waals surface area (Å²) in [4.78, 5) is 10.3. The number of aliphatic hydroxyl groups excluding tert-OH is 1. The molecule has 1 aliphatic heterocycles. The number of β-amino-alcohol motifs (C(OH)–C–C–N with tert-alkyl or cyclic N) is 1. The van der Waals surface area contributed by atoms with Crippen molar-refractivity contribution in [3.05, 3.63) is 0 Å². The first-order chi connectivity index (χ1) is 3.79. The molecule has 4 heteroatoms. The van der Waals surface area contributed by atoms with E-state index in [1.165, 1.54) is 0 Å². The molecule has 1 saturated heterocycles. The lowest BCUT2D eigenvalue weighted by molar-refractivity contribution is -0.125. The van der Waals surface area contributed by atoms with Gasteiger partial charge < -0.3 is 10.4 Å². The van der Waals surface area contributed by atoms with Gasteiger partial charge in [-0.2, -0.15) is 0 Å². The maximum Gasteiger partial charge on any atom is 0.257 e. The third kappa shape index (κ3) is 1.18. The first kappa shape index (κ1) is 5.53. The lowest BCUT2D eigenvalue weighted by atomic mass is 10.4. The van der Waals surface area contributed by atoms with Crippen LogP contribution in [0, 0.1) is 0 Å². The van der Waals surface area contributed by atoms with Crippen LogP contribution in [0.15, 0.2) is 0 Å². The van der Waals surface area contributed by atoms with Crippen LogP contribution in [0.25, 0.3) is 0 Å². The fourth-order valence-corrected chi connectivity index (χ4v) is 0.566. The Labute approximate surface area is 46.9 Å². The first-order valence-corrected chi connectivity index (χ1v) is 2.41. The maximum atomic E-state index is 10.3. The quantitative estimate of drug-likeness (QED) is 0.385. The van der Waals surface area contributed by atoms with Gasteiger partial charge in [0.25, 0.3) is 5.91 Å². The van der Waals surface area contributed by atoms with Gasteiger partial charge in [0.05, 0.1) is 6.54 Å². The van der Waals surface area contributed by atoms with Crippen LogP contribution in [0.1, 0.15) is 0 Å². The van der Waals surface area contributed by atoms with Gasteiger partial charge in [0.2, 0.25) is 0 Å². The molecule has 0 bridgehead atoms. The standard InChI is InChI=1S/C4H7N2O2/c7-3-1-5-2-4(8)6-3/h3,5,7H,1-2H2. The van der Waals surface area contributed by atoms with Crippen molar-refractivity contribution in [3.8, 4) is 0 Å². The molecule has 1 atom stereocenters. The first-order valence-electron chi connectivity index (χ1n) is 2.41. The summed E-state index contributed by atoms with van der Waals surface area (Å²) in [5, 5.41) is 14.7. The summed E-state index contributed by atoms with van der Waals surface area (Å²) in [7, 11) is 0. The normalized spacial score (nSPS) is 29.6. The van der Waals surface area contributed by atoms with Crippen LogP contribution in [0.2, 0.25) is 0 Å². The summed E-state index contributed by atoms with van der Waals surface area (Å²) in [5.74, 6) is -0.274. The highest BCUT2D eigenvalue weighted by atomic mass is 16.3. The van der Waals surface area contributed by atoms with E-state index in [-0.39, 0.29) is 12.5 Å². The molecule has 1 amide bonds. The minimum atomic E-state index is -0.823. The minimum absolute atomic E-state index is 0.261. The molecular weight excluding hydrogens is 108 g/mol. The van der Waals surface area contributed by atoms with Gasteiger partial charge in [0.15, 0.2) is 6.23 Å². The van der Waals surface area contributed by atoms with Crippen LogP contribution in [0.3, 0.4) is 0 Å². The van der Waals surface area contributed by atoms with E-state index in [0.717, 1.165) is 0 Å². The number of nitrogens with zero attached hydrogens (tertiary/aromatic N) is 1. The Balaban J connectivity index is 2.34. The van der Waals surface area contributed by atoms with Crippen molar-refractivity contribution in [2.45, 2.75) is 6.23 Å². The van der Waals surface area contributed by atoms with E-state index in [1.807, 2.05) is 0 Å². The SMILES string of the molecule is O=C1CNCC(O)[N]1. The van der Waals surface area contributed by atoms with Crippen molar-refractivity contribution < 1.29 is 9.90 Å². The number of piperazine rings is 1. The average Bonchev–Trinajstić information content (AvgIpc) is 1.64. The maximum absolute atomic E-state index is 10.3. The number of carbonyl (C=O) groups is 1. The van der Waals surface area contributed by atoms with Crippen LogP contribution in [-0.2, 0) is 4.79 Å². The fourth-order valence-electron chi connectivity index (χ4n) is 0.566. The molecule has 0 aromatic heterocycles. The van der Waals surface area contributed by atoms with Gasteiger partial charge in [-0.25, -0.2) is 5.32 Å². The summed E-state index contributed by atoms with van der Waals surface area (Å²) < 4.78 is 0. The lowest BCUT2D eigenvalue weighted by Gasteiger charge is -2.15. The molecular formula is C4H7N2O2. The molecule has 4 nitrogen and oxygen atoms in total. The van der Waals surface area contributed by atoms with Gasteiger partial charge in [0, 0.05) is 6.54 Å². The van der Waals surface area contributed by atoms with Gasteiger partial charge in [-0.05, 0) is 0 Å². The highest BCUT2D eigenvalue weighted by Crippen LogP contribution is 1.82. The number of aliphatic hydroxyl groups is 1. The zero-order valence-electron chi connectivity index (χ0n) is 4.29.